The minimum absolute atomic E-state index is 0.0240. The molecule has 3 aromatic rings. The van der Waals surface area contributed by atoms with Crippen molar-refractivity contribution < 1.29 is 14.7 Å². The summed E-state index contributed by atoms with van der Waals surface area (Å²) >= 11 is 6.38. The maximum Gasteiger partial charge on any atom is 0.433 e. The number of imidazole rings is 1. The van der Waals surface area contributed by atoms with Gasteiger partial charge < -0.3 is 25.2 Å². The number of nitrogens with two attached hydrogens (primary N) is 1. The number of amidine groups is 1. The normalized spacial score (nSPS) is 24.5. The summed E-state index contributed by atoms with van der Waals surface area (Å²) in [6.45, 7) is 10.3. The number of carboxylic acid groups (broad SMARTS) is 1. The Morgan fingerprint density at radius 2 is 1.80 bits per heavy atom. The molecule has 12 heteroatoms. The lowest BCUT2D eigenvalue weighted by Crippen LogP contribution is -2.59. The maximum absolute atomic E-state index is 13.0. The molecule has 0 radical (unpaired) electrons. The zero-order valence-corrected chi connectivity index (χ0v) is 26.0. The molecule has 3 N–H and O–H groups in total. The monoisotopic (exact) mass is 618 g/mol. The molecule has 1 aliphatic heterocycles. The van der Waals surface area contributed by atoms with Crippen molar-refractivity contribution in [1.82, 2.24) is 24.4 Å². The van der Waals surface area contributed by atoms with E-state index in [1.54, 1.807) is 24.5 Å². The van der Waals surface area contributed by atoms with Gasteiger partial charge in [-0.15, -0.1) is 6.58 Å². The molecular weight excluding hydrogens is 580 g/mol. The molecule has 2 atom stereocenters. The van der Waals surface area contributed by atoms with Crippen LogP contribution in [0.1, 0.15) is 58.1 Å². The number of hydrogen-bond donors (Lipinski definition) is 2. The number of carbonyl (C=O) groups is 2. The van der Waals surface area contributed by atoms with Crippen molar-refractivity contribution in [2.24, 2.45) is 28.5 Å². The van der Waals surface area contributed by atoms with Crippen molar-refractivity contribution in [3.05, 3.63) is 47.9 Å². The number of nitrogens with zero attached hydrogens (tertiary/aromatic N) is 7. The van der Waals surface area contributed by atoms with Crippen LogP contribution in [0.2, 0.25) is 5.02 Å². The number of pyridine rings is 2. The van der Waals surface area contributed by atoms with E-state index in [4.69, 9.17) is 27.3 Å². The van der Waals surface area contributed by atoms with Crippen LogP contribution in [0, 0.1) is 17.8 Å². The van der Waals surface area contributed by atoms with Crippen molar-refractivity contribution in [2.45, 2.75) is 71.0 Å². The third-order valence-corrected chi connectivity index (χ3v) is 9.42. The van der Waals surface area contributed by atoms with Gasteiger partial charge in [0.1, 0.15) is 5.69 Å². The van der Waals surface area contributed by atoms with Gasteiger partial charge in [0.25, 0.3) is 0 Å². The van der Waals surface area contributed by atoms with E-state index in [0.29, 0.717) is 46.7 Å². The molecule has 6 rings (SSSR count). The first-order valence-corrected chi connectivity index (χ1v) is 15.8. The van der Waals surface area contributed by atoms with Crippen LogP contribution in [0.25, 0.3) is 22.3 Å². The van der Waals surface area contributed by atoms with Crippen molar-refractivity contribution in [3.63, 3.8) is 0 Å². The number of allylic oxidation sites excluding steroid dienone is 1. The highest BCUT2D eigenvalue weighted by Crippen LogP contribution is 2.38. The molecule has 0 aromatic carbocycles. The zero-order valence-electron chi connectivity index (χ0n) is 25.2. The highest BCUT2D eigenvalue weighted by molar-refractivity contribution is 6.30. The number of aromatic nitrogens is 4. The topological polar surface area (TPSA) is 143 Å². The predicted molar refractivity (Wildman–Crippen MR) is 171 cm³/mol. The standard InChI is InChI=1S/C32H39ClN8O3/c1-4-20-5-7-21(8-6-20)17-40-28-25(37-31(40)41-18(2)15-39(16-19(41)3)30(42)22-9-10-22)12-26(29(34)38-32(43)44)36-27(28)23-11-24(33)14-35-13-23/h4,11-14,18-22H,1,5-10,15-17H2,2-3H3,(H2,34,38)(H,43,44). The summed E-state index contributed by atoms with van der Waals surface area (Å²) in [7, 11) is 0. The first-order valence-electron chi connectivity index (χ1n) is 15.4. The molecule has 44 heavy (non-hydrogen) atoms. The molecule has 4 heterocycles. The fourth-order valence-electron chi connectivity index (χ4n) is 6.90. The SMILES string of the molecule is C=CC1CCC(Cn2c(N3C(C)CN(C(=O)C4CC4)CC3C)nc3cc(C(N)=NC(=O)O)nc(-c4cncc(Cl)c4)c32)CC1. The molecule has 0 spiro atoms. The molecule has 0 bridgehead atoms. The van der Waals surface area contributed by atoms with Gasteiger partial charge in [-0.3, -0.25) is 9.78 Å². The summed E-state index contributed by atoms with van der Waals surface area (Å²) in [4.78, 5) is 46.6. The van der Waals surface area contributed by atoms with E-state index in [1.807, 2.05) is 4.90 Å². The molecule has 3 aromatic heterocycles. The Morgan fingerprint density at radius 1 is 1.09 bits per heavy atom. The lowest BCUT2D eigenvalue weighted by atomic mass is 9.82. The molecule has 2 amide bonds. The van der Waals surface area contributed by atoms with E-state index in [1.165, 1.54) is 0 Å². The Balaban J connectivity index is 1.50. The summed E-state index contributed by atoms with van der Waals surface area (Å²) in [6.07, 6.45) is 10.2. The Hall–Kier alpha value is -3.99. The van der Waals surface area contributed by atoms with Crippen LogP contribution in [-0.2, 0) is 11.3 Å². The Bertz CT molecular complexity index is 1610. The maximum atomic E-state index is 13.0. The number of fused-ring (bicyclic) bond motifs is 1. The van der Waals surface area contributed by atoms with Crippen molar-refractivity contribution in [2.75, 3.05) is 18.0 Å². The summed E-state index contributed by atoms with van der Waals surface area (Å²) in [5.41, 5.74) is 8.97. The van der Waals surface area contributed by atoms with Crippen LogP contribution in [0.15, 0.2) is 42.2 Å². The van der Waals surface area contributed by atoms with Gasteiger partial charge in [0.2, 0.25) is 11.9 Å². The first-order chi connectivity index (χ1) is 21.1. The van der Waals surface area contributed by atoms with E-state index in [9.17, 15) is 14.7 Å². The number of anilines is 1. The second-order valence-electron chi connectivity index (χ2n) is 12.6. The van der Waals surface area contributed by atoms with Gasteiger partial charge in [0.15, 0.2) is 5.84 Å². The molecular formula is C32H39ClN8O3. The first kappa shape index (κ1) is 30.1. The highest BCUT2D eigenvalue weighted by Gasteiger charge is 2.40. The van der Waals surface area contributed by atoms with Crippen LogP contribution >= 0.6 is 11.6 Å². The van der Waals surface area contributed by atoms with Gasteiger partial charge in [-0.2, -0.15) is 4.99 Å². The van der Waals surface area contributed by atoms with Gasteiger partial charge in [0, 0.05) is 55.6 Å². The Morgan fingerprint density at radius 3 is 2.41 bits per heavy atom. The number of carbonyl (C=O) groups excluding carboxylic acids is 1. The van der Waals surface area contributed by atoms with Crippen molar-refractivity contribution in [3.8, 4) is 11.3 Å². The fourth-order valence-corrected chi connectivity index (χ4v) is 7.07. The lowest BCUT2D eigenvalue weighted by Gasteiger charge is -2.45. The summed E-state index contributed by atoms with van der Waals surface area (Å²) < 4.78 is 2.26. The molecule has 2 saturated carbocycles. The summed E-state index contributed by atoms with van der Waals surface area (Å²) in [6, 6.07) is 3.53. The third-order valence-electron chi connectivity index (χ3n) is 9.21. The number of piperazine rings is 1. The average Bonchev–Trinajstić information content (AvgIpc) is 3.78. The highest BCUT2D eigenvalue weighted by atomic mass is 35.5. The number of amides is 2. The quantitative estimate of drug-likeness (QED) is 0.205. The lowest BCUT2D eigenvalue weighted by molar-refractivity contribution is -0.133. The number of rotatable bonds is 7. The van der Waals surface area contributed by atoms with Gasteiger partial charge in [-0.1, -0.05) is 17.7 Å². The minimum atomic E-state index is -1.40. The Kier molecular flexibility index (Phi) is 8.32. The van der Waals surface area contributed by atoms with Crippen LogP contribution in [0.3, 0.4) is 0 Å². The molecule has 11 nitrogen and oxygen atoms in total. The summed E-state index contributed by atoms with van der Waals surface area (Å²) in [5.74, 6) is 1.98. The second kappa shape index (κ2) is 12.2. The van der Waals surface area contributed by atoms with E-state index in [2.05, 4.69) is 45.9 Å². The minimum Gasteiger partial charge on any atom is -0.463 e. The van der Waals surface area contributed by atoms with Crippen LogP contribution in [0.5, 0.6) is 0 Å². The van der Waals surface area contributed by atoms with E-state index >= 15 is 0 Å². The Labute approximate surface area is 261 Å². The number of aliphatic imine (C=N–C) groups is 1. The fraction of sp³-hybridized carbons (Fsp3) is 0.500. The zero-order chi connectivity index (χ0) is 31.1. The van der Waals surface area contributed by atoms with E-state index in [0.717, 1.165) is 56.5 Å². The van der Waals surface area contributed by atoms with Gasteiger partial charge in [-0.05, 0) is 76.3 Å². The number of halogens is 1. The second-order valence-corrected chi connectivity index (χ2v) is 13.0. The third kappa shape index (κ3) is 6.02. The smallest absolute Gasteiger partial charge is 0.433 e. The van der Waals surface area contributed by atoms with Gasteiger partial charge in [0.05, 0.1) is 21.7 Å². The van der Waals surface area contributed by atoms with Gasteiger partial charge in [-0.25, -0.2) is 14.8 Å². The van der Waals surface area contributed by atoms with Crippen LogP contribution in [0.4, 0.5) is 10.7 Å². The molecule has 3 fully saturated rings. The average molecular weight is 619 g/mol. The van der Waals surface area contributed by atoms with Crippen LogP contribution in [-0.4, -0.2) is 72.5 Å². The molecule has 3 aliphatic rings. The predicted octanol–water partition coefficient (Wildman–Crippen LogP) is 5.36. The van der Waals surface area contributed by atoms with Crippen molar-refractivity contribution in [1.29, 1.82) is 0 Å². The van der Waals surface area contributed by atoms with Crippen molar-refractivity contribution >= 4 is 46.4 Å². The van der Waals surface area contributed by atoms with Gasteiger partial charge >= 0.3 is 6.09 Å². The molecule has 2 unspecified atom stereocenters. The largest absolute Gasteiger partial charge is 0.463 e. The molecule has 2 aliphatic carbocycles. The van der Waals surface area contributed by atoms with E-state index < -0.39 is 6.09 Å². The van der Waals surface area contributed by atoms with E-state index in [-0.39, 0.29) is 35.4 Å². The molecule has 232 valence electrons. The summed E-state index contributed by atoms with van der Waals surface area (Å²) in [5, 5.41) is 9.74. The molecule has 1 saturated heterocycles. The van der Waals surface area contributed by atoms with Crippen LogP contribution < -0.4 is 10.6 Å². The number of hydrogen-bond acceptors (Lipinski definition) is 6.